The molecule has 15 heavy (non-hydrogen) atoms. The van der Waals surface area contributed by atoms with E-state index in [0.717, 1.165) is 37.0 Å². The molecule has 84 valence electrons. The van der Waals surface area contributed by atoms with Gasteiger partial charge in [0.25, 0.3) is 0 Å². The van der Waals surface area contributed by atoms with Crippen LogP contribution in [0.15, 0.2) is 0 Å². The highest BCUT2D eigenvalue weighted by Crippen LogP contribution is 2.33. The molecular weight excluding hydrogens is 210 g/mol. The largest absolute Gasteiger partial charge is 0.383 e. The Morgan fingerprint density at radius 3 is 2.93 bits per heavy atom. The van der Waals surface area contributed by atoms with Crippen LogP contribution in [0.2, 0.25) is 0 Å². The van der Waals surface area contributed by atoms with Crippen LogP contribution in [0.25, 0.3) is 0 Å². The van der Waals surface area contributed by atoms with Gasteiger partial charge in [-0.1, -0.05) is 0 Å². The van der Waals surface area contributed by atoms with E-state index in [-0.39, 0.29) is 0 Å². The van der Waals surface area contributed by atoms with E-state index in [1.165, 1.54) is 17.8 Å². The molecule has 1 saturated carbocycles. The number of hydrogen-bond donors (Lipinski definition) is 1. The standard InChI is InChI=1S/C10H17N3OS/c1-14-5-4-11-7-10-13-12-9(15-10)6-8-2-3-8/h8,11H,2-7H2,1H3. The fraction of sp³-hybridized carbons (Fsp3) is 0.800. The zero-order valence-corrected chi connectivity index (χ0v) is 9.85. The summed E-state index contributed by atoms with van der Waals surface area (Å²) in [5, 5.41) is 13.9. The maximum Gasteiger partial charge on any atom is 0.131 e. The van der Waals surface area contributed by atoms with Crippen LogP contribution >= 0.6 is 11.3 Å². The molecule has 1 N–H and O–H groups in total. The number of hydrogen-bond acceptors (Lipinski definition) is 5. The fourth-order valence-electron chi connectivity index (χ4n) is 1.38. The first-order chi connectivity index (χ1) is 7.38. The lowest BCUT2D eigenvalue weighted by atomic mass is 10.3. The minimum Gasteiger partial charge on any atom is -0.383 e. The Bertz CT molecular complexity index is 299. The highest BCUT2D eigenvalue weighted by molar-refractivity contribution is 7.11. The van der Waals surface area contributed by atoms with E-state index in [4.69, 9.17) is 4.74 Å². The summed E-state index contributed by atoms with van der Waals surface area (Å²) in [6.45, 7) is 2.42. The molecule has 0 amide bonds. The first-order valence-electron chi connectivity index (χ1n) is 5.39. The Kier molecular flexibility index (Phi) is 4.05. The molecule has 2 rings (SSSR count). The van der Waals surface area contributed by atoms with E-state index < -0.39 is 0 Å². The van der Waals surface area contributed by atoms with Crippen molar-refractivity contribution in [1.29, 1.82) is 0 Å². The van der Waals surface area contributed by atoms with E-state index in [1.807, 2.05) is 0 Å². The molecule has 1 aliphatic rings. The van der Waals surface area contributed by atoms with Crippen LogP contribution < -0.4 is 5.32 Å². The van der Waals surface area contributed by atoms with Crippen molar-refractivity contribution < 1.29 is 4.74 Å². The quantitative estimate of drug-likeness (QED) is 0.712. The van der Waals surface area contributed by atoms with Gasteiger partial charge in [0.05, 0.1) is 6.61 Å². The van der Waals surface area contributed by atoms with Crippen LogP contribution in [0.1, 0.15) is 22.9 Å². The van der Waals surface area contributed by atoms with E-state index in [1.54, 1.807) is 18.4 Å². The van der Waals surface area contributed by atoms with Crippen LogP contribution in [0.4, 0.5) is 0 Å². The average molecular weight is 227 g/mol. The van der Waals surface area contributed by atoms with Crippen LogP contribution in [-0.4, -0.2) is 30.5 Å². The van der Waals surface area contributed by atoms with Crippen molar-refractivity contribution in [2.24, 2.45) is 5.92 Å². The lowest BCUT2D eigenvalue weighted by molar-refractivity contribution is 0.199. The van der Waals surface area contributed by atoms with Gasteiger partial charge in [-0.05, 0) is 18.8 Å². The minimum absolute atomic E-state index is 0.744. The van der Waals surface area contributed by atoms with Gasteiger partial charge in [0.15, 0.2) is 0 Å². The fourth-order valence-corrected chi connectivity index (χ4v) is 2.31. The summed E-state index contributed by atoms with van der Waals surface area (Å²) >= 11 is 1.73. The molecule has 1 fully saturated rings. The molecule has 1 aromatic heterocycles. The molecule has 0 bridgehead atoms. The number of ether oxygens (including phenoxy) is 1. The molecule has 0 spiro atoms. The topological polar surface area (TPSA) is 47.0 Å². The maximum atomic E-state index is 4.95. The van der Waals surface area contributed by atoms with Gasteiger partial charge in [0.2, 0.25) is 0 Å². The molecule has 0 radical (unpaired) electrons. The van der Waals surface area contributed by atoms with Crippen molar-refractivity contribution >= 4 is 11.3 Å². The third-order valence-corrected chi connectivity index (χ3v) is 3.37. The Labute approximate surface area is 94.1 Å². The summed E-state index contributed by atoms with van der Waals surface area (Å²) in [7, 11) is 1.71. The summed E-state index contributed by atoms with van der Waals surface area (Å²) < 4.78 is 4.95. The predicted molar refractivity (Wildman–Crippen MR) is 59.9 cm³/mol. The van der Waals surface area contributed by atoms with Gasteiger partial charge in [-0.2, -0.15) is 0 Å². The molecule has 1 heterocycles. The molecule has 1 aromatic rings. The third-order valence-electron chi connectivity index (χ3n) is 2.43. The van der Waals surface area contributed by atoms with E-state index in [9.17, 15) is 0 Å². The van der Waals surface area contributed by atoms with Gasteiger partial charge in [-0.15, -0.1) is 21.5 Å². The Morgan fingerprint density at radius 1 is 1.40 bits per heavy atom. The van der Waals surface area contributed by atoms with Crippen molar-refractivity contribution in [3.05, 3.63) is 10.0 Å². The third kappa shape index (κ3) is 3.85. The molecule has 1 aliphatic carbocycles. The van der Waals surface area contributed by atoms with Crippen molar-refractivity contribution in [3.63, 3.8) is 0 Å². The molecular formula is C10H17N3OS. The Morgan fingerprint density at radius 2 is 2.20 bits per heavy atom. The molecule has 0 unspecified atom stereocenters. The summed E-state index contributed by atoms with van der Waals surface area (Å²) in [6, 6.07) is 0. The van der Waals surface area contributed by atoms with Gasteiger partial charge in [0.1, 0.15) is 10.0 Å². The SMILES string of the molecule is COCCNCc1nnc(CC2CC2)s1. The lowest BCUT2D eigenvalue weighted by Crippen LogP contribution is -2.18. The Hall–Kier alpha value is -0.520. The van der Waals surface area contributed by atoms with Crippen LogP contribution in [0.5, 0.6) is 0 Å². The van der Waals surface area contributed by atoms with Crippen molar-refractivity contribution in [2.45, 2.75) is 25.8 Å². The van der Waals surface area contributed by atoms with Crippen LogP contribution in [0, 0.1) is 5.92 Å². The zero-order chi connectivity index (χ0) is 10.5. The van der Waals surface area contributed by atoms with Crippen LogP contribution in [-0.2, 0) is 17.7 Å². The number of nitrogens with zero attached hydrogens (tertiary/aromatic N) is 2. The van der Waals surface area contributed by atoms with Crippen molar-refractivity contribution in [1.82, 2.24) is 15.5 Å². The van der Waals surface area contributed by atoms with Gasteiger partial charge in [-0.3, -0.25) is 0 Å². The first-order valence-corrected chi connectivity index (χ1v) is 6.21. The highest BCUT2D eigenvalue weighted by Gasteiger charge is 2.23. The second-order valence-electron chi connectivity index (χ2n) is 3.91. The second kappa shape index (κ2) is 5.53. The van der Waals surface area contributed by atoms with Gasteiger partial charge >= 0.3 is 0 Å². The smallest absolute Gasteiger partial charge is 0.131 e. The van der Waals surface area contributed by atoms with Crippen molar-refractivity contribution in [3.8, 4) is 0 Å². The summed E-state index contributed by atoms with van der Waals surface area (Å²) in [6.07, 6.45) is 3.89. The lowest BCUT2D eigenvalue weighted by Gasteiger charge is -1.99. The normalized spacial score (nSPS) is 15.8. The molecule has 0 saturated heterocycles. The van der Waals surface area contributed by atoms with Crippen molar-refractivity contribution in [2.75, 3.05) is 20.3 Å². The van der Waals surface area contributed by atoms with Gasteiger partial charge < -0.3 is 10.1 Å². The summed E-state index contributed by atoms with van der Waals surface area (Å²) in [4.78, 5) is 0. The summed E-state index contributed by atoms with van der Waals surface area (Å²) in [5.74, 6) is 0.896. The van der Waals surface area contributed by atoms with E-state index in [2.05, 4.69) is 15.5 Å². The maximum absolute atomic E-state index is 4.95. The molecule has 0 aromatic carbocycles. The second-order valence-corrected chi connectivity index (χ2v) is 5.05. The predicted octanol–water partition coefficient (Wildman–Crippen LogP) is 1.23. The number of rotatable bonds is 7. The van der Waals surface area contributed by atoms with Crippen LogP contribution in [0.3, 0.4) is 0 Å². The monoisotopic (exact) mass is 227 g/mol. The van der Waals surface area contributed by atoms with E-state index in [0.29, 0.717) is 0 Å². The van der Waals surface area contributed by atoms with Gasteiger partial charge in [-0.25, -0.2) is 0 Å². The molecule has 0 aliphatic heterocycles. The van der Waals surface area contributed by atoms with Gasteiger partial charge in [0, 0.05) is 26.6 Å². The molecule has 4 nitrogen and oxygen atoms in total. The first kappa shape index (κ1) is 11.0. The van der Waals surface area contributed by atoms with E-state index >= 15 is 0 Å². The summed E-state index contributed by atoms with van der Waals surface area (Å²) in [5.41, 5.74) is 0. The minimum atomic E-state index is 0.744. The number of aromatic nitrogens is 2. The molecule has 5 heteroatoms. The Balaban J connectivity index is 1.69. The zero-order valence-electron chi connectivity index (χ0n) is 9.03. The number of methoxy groups -OCH3 is 1. The molecule has 0 atom stereocenters. The number of nitrogens with one attached hydrogen (secondary N) is 1. The highest BCUT2D eigenvalue weighted by atomic mass is 32.1. The average Bonchev–Trinajstić information content (AvgIpc) is 2.93.